The van der Waals surface area contributed by atoms with E-state index in [9.17, 15) is 14.7 Å². The molecule has 132 valence electrons. The molecule has 3 rings (SSSR count). The number of carbonyl (C=O) groups excluding carboxylic acids is 1. The first kappa shape index (κ1) is 16.9. The maximum absolute atomic E-state index is 12.4. The van der Waals surface area contributed by atoms with Gasteiger partial charge in [-0.15, -0.1) is 0 Å². The minimum Gasteiger partial charge on any atom is -0.507 e. The second-order valence-corrected chi connectivity index (χ2v) is 5.58. The van der Waals surface area contributed by atoms with Crippen molar-refractivity contribution in [2.24, 2.45) is 0 Å². The van der Waals surface area contributed by atoms with Gasteiger partial charge in [-0.1, -0.05) is 0 Å². The summed E-state index contributed by atoms with van der Waals surface area (Å²) in [5, 5.41) is 10.2. The molecule has 1 aromatic carbocycles. The van der Waals surface area contributed by atoms with Crippen molar-refractivity contribution in [2.75, 3.05) is 20.8 Å². The first-order valence-corrected chi connectivity index (χ1v) is 7.91. The van der Waals surface area contributed by atoms with Crippen LogP contribution in [0, 0.1) is 0 Å². The van der Waals surface area contributed by atoms with E-state index in [1.165, 1.54) is 11.7 Å². The lowest BCUT2D eigenvalue weighted by molar-refractivity contribution is 0.0523. The number of methoxy groups -OCH3 is 2. The molecule has 0 spiro atoms. The molecule has 0 unspecified atom stereocenters. The van der Waals surface area contributed by atoms with Crippen LogP contribution < -0.4 is 15.0 Å². The van der Waals surface area contributed by atoms with Gasteiger partial charge in [-0.3, -0.25) is 4.79 Å². The molecule has 0 atom stereocenters. The fourth-order valence-electron chi connectivity index (χ4n) is 3.12. The van der Waals surface area contributed by atoms with Crippen LogP contribution in [-0.2, 0) is 17.7 Å². The third-order valence-corrected chi connectivity index (χ3v) is 4.24. The average Bonchev–Trinajstić information content (AvgIpc) is 2.60. The summed E-state index contributed by atoms with van der Waals surface area (Å²) >= 11 is 0. The Balaban J connectivity index is 2.34. The standard InChI is InChI=1S/C18H19NO6/c1-4-25-18(22)16-12(20)9-15(21)19-6-5-10-7-13(23-2)14(24-3)8-11(10)17(16)19/h7-9,20H,4-6H2,1-3H3. The van der Waals surface area contributed by atoms with Crippen LogP contribution in [-0.4, -0.2) is 36.5 Å². The summed E-state index contributed by atoms with van der Waals surface area (Å²) in [6.07, 6.45) is 0.593. The van der Waals surface area contributed by atoms with Crippen LogP contribution in [0.25, 0.3) is 11.3 Å². The van der Waals surface area contributed by atoms with E-state index in [-0.39, 0.29) is 17.7 Å². The second kappa shape index (κ2) is 6.51. The zero-order valence-corrected chi connectivity index (χ0v) is 14.3. The summed E-state index contributed by atoms with van der Waals surface area (Å²) < 4.78 is 17.2. The van der Waals surface area contributed by atoms with Gasteiger partial charge >= 0.3 is 5.97 Å². The fourth-order valence-corrected chi connectivity index (χ4v) is 3.12. The summed E-state index contributed by atoms with van der Waals surface area (Å²) in [5.41, 5.74) is 1.48. The monoisotopic (exact) mass is 345 g/mol. The topological polar surface area (TPSA) is 87.0 Å². The molecule has 0 amide bonds. The highest BCUT2D eigenvalue weighted by molar-refractivity contribution is 5.99. The molecule has 7 nitrogen and oxygen atoms in total. The molecule has 0 aliphatic carbocycles. The van der Waals surface area contributed by atoms with Crippen LogP contribution in [0.3, 0.4) is 0 Å². The number of rotatable bonds is 4. The third kappa shape index (κ3) is 2.71. The molecule has 0 bridgehead atoms. The van der Waals surface area contributed by atoms with E-state index in [0.717, 1.165) is 11.6 Å². The Morgan fingerprint density at radius 1 is 1.20 bits per heavy atom. The smallest absolute Gasteiger partial charge is 0.344 e. The lowest BCUT2D eigenvalue weighted by Gasteiger charge is -2.25. The van der Waals surface area contributed by atoms with E-state index >= 15 is 0 Å². The first-order chi connectivity index (χ1) is 12.0. The lowest BCUT2D eigenvalue weighted by atomic mass is 9.93. The van der Waals surface area contributed by atoms with Gasteiger partial charge in [-0.05, 0) is 31.0 Å². The van der Waals surface area contributed by atoms with Gasteiger partial charge in [0, 0.05) is 18.2 Å². The number of benzene rings is 1. The summed E-state index contributed by atoms with van der Waals surface area (Å²) in [6, 6.07) is 4.57. The first-order valence-electron chi connectivity index (χ1n) is 7.91. The molecule has 1 aromatic heterocycles. The van der Waals surface area contributed by atoms with E-state index in [1.54, 1.807) is 20.1 Å². The highest BCUT2D eigenvalue weighted by Crippen LogP contribution is 2.40. The van der Waals surface area contributed by atoms with Gasteiger partial charge in [0.05, 0.1) is 26.5 Å². The van der Waals surface area contributed by atoms with Gasteiger partial charge in [0.1, 0.15) is 11.3 Å². The number of esters is 1. The molecule has 2 aromatic rings. The Morgan fingerprint density at radius 3 is 2.52 bits per heavy atom. The zero-order valence-electron chi connectivity index (χ0n) is 14.3. The average molecular weight is 345 g/mol. The van der Waals surface area contributed by atoms with Gasteiger partial charge in [0.2, 0.25) is 0 Å². The number of hydrogen-bond donors (Lipinski definition) is 1. The maximum Gasteiger partial charge on any atom is 0.344 e. The molecule has 1 N–H and O–H groups in total. The summed E-state index contributed by atoms with van der Waals surface area (Å²) in [6.45, 7) is 2.23. The van der Waals surface area contributed by atoms with E-state index in [1.807, 2.05) is 6.07 Å². The highest BCUT2D eigenvalue weighted by atomic mass is 16.5. The Labute approximate surface area is 144 Å². The normalized spacial score (nSPS) is 12.1. The van der Waals surface area contributed by atoms with Gasteiger partial charge in [-0.25, -0.2) is 4.79 Å². The molecule has 0 saturated carbocycles. The van der Waals surface area contributed by atoms with Gasteiger partial charge in [-0.2, -0.15) is 0 Å². The Bertz CT molecular complexity index is 899. The van der Waals surface area contributed by atoms with E-state index in [2.05, 4.69) is 0 Å². The van der Waals surface area contributed by atoms with Crippen LogP contribution in [0.15, 0.2) is 23.0 Å². The molecule has 2 heterocycles. The SMILES string of the molecule is CCOC(=O)c1c(O)cc(=O)n2c1-c1cc(OC)c(OC)cc1CC2. The molecule has 1 aliphatic rings. The molecule has 0 saturated heterocycles. The van der Waals surface area contributed by atoms with E-state index in [0.29, 0.717) is 35.7 Å². The largest absolute Gasteiger partial charge is 0.507 e. The minimum atomic E-state index is -0.675. The number of pyridine rings is 1. The summed E-state index contributed by atoms with van der Waals surface area (Å²) in [4.78, 5) is 24.7. The number of hydrogen-bond acceptors (Lipinski definition) is 6. The molecule has 1 aliphatic heterocycles. The fraction of sp³-hybridized carbons (Fsp3) is 0.333. The van der Waals surface area contributed by atoms with E-state index < -0.39 is 11.7 Å². The van der Waals surface area contributed by atoms with Crippen molar-refractivity contribution in [3.63, 3.8) is 0 Å². The zero-order chi connectivity index (χ0) is 18.1. The molecule has 7 heteroatoms. The van der Waals surface area contributed by atoms with E-state index in [4.69, 9.17) is 14.2 Å². The predicted molar refractivity (Wildman–Crippen MR) is 90.6 cm³/mol. The van der Waals surface area contributed by atoms with Crippen LogP contribution in [0.4, 0.5) is 0 Å². The van der Waals surface area contributed by atoms with Crippen molar-refractivity contribution in [1.29, 1.82) is 0 Å². The summed E-state index contributed by atoms with van der Waals surface area (Å²) in [7, 11) is 3.05. The highest BCUT2D eigenvalue weighted by Gasteiger charge is 2.29. The quantitative estimate of drug-likeness (QED) is 0.853. The third-order valence-electron chi connectivity index (χ3n) is 4.24. The van der Waals surface area contributed by atoms with Crippen molar-refractivity contribution in [3.8, 4) is 28.5 Å². The van der Waals surface area contributed by atoms with Crippen LogP contribution in [0.2, 0.25) is 0 Å². The number of nitrogens with zero attached hydrogens (tertiary/aromatic N) is 1. The Hall–Kier alpha value is -2.96. The molecular weight excluding hydrogens is 326 g/mol. The van der Waals surface area contributed by atoms with Gasteiger partial charge in [0.25, 0.3) is 5.56 Å². The van der Waals surface area contributed by atoms with Crippen LogP contribution in [0.1, 0.15) is 22.8 Å². The van der Waals surface area contributed by atoms with Gasteiger partial charge < -0.3 is 23.9 Å². The molecular formula is C18H19NO6. The number of aryl methyl sites for hydroxylation is 1. The molecule has 0 radical (unpaired) electrons. The number of fused-ring (bicyclic) bond motifs is 3. The summed E-state index contributed by atoms with van der Waals surface area (Å²) in [5.74, 6) is -0.0288. The van der Waals surface area contributed by atoms with Gasteiger partial charge in [0.15, 0.2) is 11.5 Å². The maximum atomic E-state index is 12.4. The van der Waals surface area contributed by atoms with Crippen molar-refractivity contribution in [3.05, 3.63) is 39.7 Å². The van der Waals surface area contributed by atoms with Crippen LogP contribution in [0.5, 0.6) is 17.2 Å². The molecule has 0 fully saturated rings. The number of aromatic nitrogens is 1. The van der Waals surface area contributed by atoms with Crippen molar-refractivity contribution >= 4 is 5.97 Å². The van der Waals surface area contributed by atoms with Crippen LogP contribution >= 0.6 is 0 Å². The number of aromatic hydroxyl groups is 1. The van der Waals surface area contributed by atoms with Crippen molar-refractivity contribution in [2.45, 2.75) is 19.9 Å². The number of carbonyl (C=O) groups is 1. The van der Waals surface area contributed by atoms with Crippen molar-refractivity contribution in [1.82, 2.24) is 4.57 Å². The van der Waals surface area contributed by atoms with Crippen molar-refractivity contribution < 1.29 is 24.1 Å². The second-order valence-electron chi connectivity index (χ2n) is 5.58. The predicted octanol–water partition coefficient (Wildman–Crippen LogP) is 1.97. The Kier molecular flexibility index (Phi) is 4.39. The lowest BCUT2D eigenvalue weighted by Crippen LogP contribution is -2.28. The minimum absolute atomic E-state index is 0.0189. The molecule has 25 heavy (non-hydrogen) atoms. The Morgan fingerprint density at radius 2 is 1.88 bits per heavy atom. The number of ether oxygens (including phenoxy) is 3.